The number of rotatable bonds is 4. The summed E-state index contributed by atoms with van der Waals surface area (Å²) in [5.74, 6) is 1.76. The van der Waals surface area contributed by atoms with E-state index in [0.717, 1.165) is 57.7 Å². The second-order valence-corrected chi connectivity index (χ2v) is 8.13. The summed E-state index contributed by atoms with van der Waals surface area (Å²) in [6.45, 7) is 3.64. The number of aromatic nitrogens is 1. The number of hydrogen-bond acceptors (Lipinski definition) is 7. The maximum Gasteiger partial charge on any atom is 0.155 e. The van der Waals surface area contributed by atoms with Crippen molar-refractivity contribution in [1.82, 2.24) is 10.3 Å². The first-order chi connectivity index (χ1) is 11.7. The van der Waals surface area contributed by atoms with Crippen LogP contribution < -0.4 is 10.1 Å². The van der Waals surface area contributed by atoms with E-state index in [1.165, 1.54) is 0 Å². The number of carbonyl (C=O) groups excluding carboxylic acids is 1. The van der Waals surface area contributed by atoms with Gasteiger partial charge >= 0.3 is 0 Å². The van der Waals surface area contributed by atoms with Crippen LogP contribution in [0.25, 0.3) is 10.2 Å². The normalized spacial score (nSPS) is 21.9. The molecule has 0 spiro atoms. The van der Waals surface area contributed by atoms with Gasteiger partial charge in [0.2, 0.25) is 0 Å². The molecule has 1 fully saturated rings. The minimum atomic E-state index is -0.212. The number of benzene rings is 1. The quantitative estimate of drug-likeness (QED) is 0.907. The van der Waals surface area contributed by atoms with E-state index < -0.39 is 0 Å². The van der Waals surface area contributed by atoms with Crippen molar-refractivity contribution in [2.75, 3.05) is 18.8 Å². The first kappa shape index (κ1) is 16.1. The molecule has 2 aliphatic heterocycles. The molecule has 0 aliphatic carbocycles. The lowest BCUT2D eigenvalue weighted by Gasteiger charge is -2.23. The number of ketones is 1. The maximum atomic E-state index is 11.5. The number of aliphatic imine (C=N–C) groups is 1. The van der Waals surface area contributed by atoms with E-state index in [1.54, 1.807) is 30.0 Å². The van der Waals surface area contributed by atoms with Crippen molar-refractivity contribution in [2.45, 2.75) is 31.9 Å². The van der Waals surface area contributed by atoms with Gasteiger partial charge in [0.15, 0.2) is 5.78 Å². The minimum Gasteiger partial charge on any atom is -0.490 e. The van der Waals surface area contributed by atoms with Crippen LogP contribution >= 0.6 is 23.1 Å². The monoisotopic (exact) mass is 361 g/mol. The summed E-state index contributed by atoms with van der Waals surface area (Å²) in [6.07, 6.45) is 2.39. The largest absolute Gasteiger partial charge is 0.490 e. The number of nitrogens with one attached hydrogen (secondary N) is 1. The van der Waals surface area contributed by atoms with Crippen LogP contribution in [0.4, 0.5) is 0 Å². The van der Waals surface area contributed by atoms with Crippen LogP contribution in [-0.4, -0.2) is 46.8 Å². The second kappa shape index (κ2) is 6.82. The SMILES string of the molecule is CC(=O)C1CSC(c2nc3ccc(OC4CCNCC4)cc3s2)=N1. The van der Waals surface area contributed by atoms with Crippen LogP contribution in [0, 0.1) is 0 Å². The van der Waals surface area contributed by atoms with Gasteiger partial charge in [0.05, 0.1) is 10.2 Å². The average Bonchev–Trinajstić information content (AvgIpc) is 3.22. The van der Waals surface area contributed by atoms with Gasteiger partial charge in [-0.3, -0.25) is 9.79 Å². The topological polar surface area (TPSA) is 63.6 Å². The Morgan fingerprint density at radius 2 is 2.17 bits per heavy atom. The third-order valence-corrected chi connectivity index (χ3v) is 6.46. The van der Waals surface area contributed by atoms with Crippen molar-refractivity contribution in [1.29, 1.82) is 0 Å². The highest BCUT2D eigenvalue weighted by molar-refractivity contribution is 8.15. The number of thioether (sulfide) groups is 1. The van der Waals surface area contributed by atoms with Crippen LogP contribution in [0.2, 0.25) is 0 Å². The van der Waals surface area contributed by atoms with Gasteiger partial charge in [0.1, 0.15) is 27.9 Å². The Bertz CT molecular complexity index is 796. The molecular formula is C17H19N3O2S2. The summed E-state index contributed by atoms with van der Waals surface area (Å²) in [5, 5.41) is 5.14. The molecule has 1 aromatic carbocycles. The lowest BCUT2D eigenvalue weighted by molar-refractivity contribution is -0.117. The van der Waals surface area contributed by atoms with Crippen LogP contribution in [0.5, 0.6) is 5.75 Å². The molecule has 0 radical (unpaired) electrons. The number of ether oxygens (including phenoxy) is 1. The van der Waals surface area contributed by atoms with E-state index in [4.69, 9.17) is 4.74 Å². The number of Topliss-reactive ketones (excluding diaryl/α,β-unsaturated/α-hetero) is 1. The lowest BCUT2D eigenvalue weighted by Crippen LogP contribution is -2.34. The van der Waals surface area contributed by atoms with Gasteiger partial charge in [-0.2, -0.15) is 0 Å². The fourth-order valence-electron chi connectivity index (χ4n) is 2.87. The number of thiazole rings is 1. The van der Waals surface area contributed by atoms with Crippen molar-refractivity contribution in [3.63, 3.8) is 0 Å². The molecule has 0 amide bonds. The van der Waals surface area contributed by atoms with E-state index >= 15 is 0 Å². The highest BCUT2D eigenvalue weighted by Crippen LogP contribution is 2.32. The molecule has 126 valence electrons. The standard InChI is InChI=1S/C17H19N3O2S2/c1-10(21)14-9-23-16(20-14)17-19-13-3-2-12(8-15(13)24-17)22-11-4-6-18-7-5-11/h2-3,8,11,14,18H,4-7,9H2,1H3. The van der Waals surface area contributed by atoms with Crippen molar-refractivity contribution in [3.8, 4) is 5.75 Å². The molecule has 1 unspecified atom stereocenters. The third-order valence-electron chi connectivity index (χ3n) is 4.25. The van der Waals surface area contributed by atoms with Crippen LogP contribution in [0.15, 0.2) is 23.2 Å². The summed E-state index contributed by atoms with van der Waals surface area (Å²) >= 11 is 3.24. The Labute approximate surface area is 148 Å². The van der Waals surface area contributed by atoms with Crippen LogP contribution in [-0.2, 0) is 4.79 Å². The molecule has 1 atom stereocenters. The predicted octanol–water partition coefficient (Wildman–Crippen LogP) is 2.88. The van der Waals surface area contributed by atoms with Crippen LogP contribution in [0.1, 0.15) is 24.8 Å². The molecule has 1 N–H and O–H groups in total. The molecule has 7 heteroatoms. The van der Waals surface area contributed by atoms with E-state index in [9.17, 15) is 4.79 Å². The van der Waals surface area contributed by atoms with Crippen molar-refractivity contribution in [2.24, 2.45) is 4.99 Å². The van der Waals surface area contributed by atoms with Crippen molar-refractivity contribution in [3.05, 3.63) is 23.2 Å². The average molecular weight is 361 g/mol. The molecule has 5 nitrogen and oxygen atoms in total. The van der Waals surface area contributed by atoms with Gasteiger partial charge in [0.25, 0.3) is 0 Å². The molecule has 3 heterocycles. The van der Waals surface area contributed by atoms with Gasteiger partial charge in [-0.05, 0) is 51.1 Å². The second-order valence-electron chi connectivity index (χ2n) is 6.09. The fourth-order valence-corrected chi connectivity index (χ4v) is 5.06. The lowest BCUT2D eigenvalue weighted by atomic mass is 10.1. The van der Waals surface area contributed by atoms with E-state index in [-0.39, 0.29) is 11.8 Å². The maximum absolute atomic E-state index is 11.5. The highest BCUT2D eigenvalue weighted by Gasteiger charge is 2.25. The van der Waals surface area contributed by atoms with E-state index in [2.05, 4.69) is 21.4 Å². The summed E-state index contributed by atoms with van der Waals surface area (Å²) in [5.41, 5.74) is 0.960. The Balaban J connectivity index is 1.55. The third kappa shape index (κ3) is 3.34. The summed E-state index contributed by atoms with van der Waals surface area (Å²) in [7, 11) is 0. The number of carbonyl (C=O) groups is 1. The Morgan fingerprint density at radius 1 is 1.33 bits per heavy atom. The number of hydrogen-bond donors (Lipinski definition) is 1. The van der Waals surface area contributed by atoms with Crippen molar-refractivity contribution >= 4 is 44.1 Å². The van der Waals surface area contributed by atoms with Gasteiger partial charge in [-0.1, -0.05) is 0 Å². The molecular weight excluding hydrogens is 342 g/mol. The number of nitrogens with zero attached hydrogens (tertiary/aromatic N) is 2. The minimum absolute atomic E-state index is 0.122. The molecule has 1 aromatic heterocycles. The van der Waals surface area contributed by atoms with Crippen molar-refractivity contribution < 1.29 is 9.53 Å². The molecule has 2 aliphatic rings. The zero-order valence-corrected chi connectivity index (χ0v) is 15.1. The smallest absolute Gasteiger partial charge is 0.155 e. The summed E-state index contributed by atoms with van der Waals surface area (Å²) in [4.78, 5) is 20.6. The molecule has 0 bridgehead atoms. The zero-order valence-electron chi connectivity index (χ0n) is 13.4. The van der Waals surface area contributed by atoms with Crippen LogP contribution in [0.3, 0.4) is 0 Å². The van der Waals surface area contributed by atoms with Gasteiger partial charge in [0, 0.05) is 5.75 Å². The number of fused-ring (bicyclic) bond motifs is 1. The van der Waals surface area contributed by atoms with Gasteiger partial charge in [-0.25, -0.2) is 4.98 Å². The van der Waals surface area contributed by atoms with Gasteiger partial charge < -0.3 is 10.1 Å². The van der Waals surface area contributed by atoms with E-state index in [0.29, 0.717) is 6.10 Å². The molecule has 4 rings (SSSR count). The molecule has 24 heavy (non-hydrogen) atoms. The first-order valence-corrected chi connectivity index (χ1v) is 9.98. The van der Waals surface area contributed by atoms with Gasteiger partial charge in [-0.15, -0.1) is 23.1 Å². The summed E-state index contributed by atoms with van der Waals surface area (Å²) < 4.78 is 7.21. The summed E-state index contributed by atoms with van der Waals surface area (Å²) in [6, 6.07) is 5.86. The predicted molar refractivity (Wildman–Crippen MR) is 99.6 cm³/mol. The fraction of sp³-hybridized carbons (Fsp3) is 0.471. The highest BCUT2D eigenvalue weighted by atomic mass is 32.2. The van der Waals surface area contributed by atoms with E-state index in [1.807, 2.05) is 12.1 Å². The Hall–Kier alpha value is -1.44. The molecule has 2 aromatic rings. The Morgan fingerprint density at radius 3 is 2.92 bits per heavy atom. The molecule has 1 saturated heterocycles. The Kier molecular flexibility index (Phi) is 4.56. The first-order valence-electron chi connectivity index (χ1n) is 8.18. The molecule has 0 saturated carbocycles. The zero-order chi connectivity index (χ0) is 16.5. The number of piperidine rings is 1.